The van der Waals surface area contributed by atoms with Crippen molar-refractivity contribution in [3.05, 3.63) is 35.3 Å². The summed E-state index contributed by atoms with van der Waals surface area (Å²) in [4.78, 5) is 2.44. The summed E-state index contributed by atoms with van der Waals surface area (Å²) in [6.07, 6.45) is 3.56. The summed E-state index contributed by atoms with van der Waals surface area (Å²) in [6.45, 7) is 10.8. The van der Waals surface area contributed by atoms with Gasteiger partial charge in [-0.3, -0.25) is 4.90 Å². The van der Waals surface area contributed by atoms with E-state index in [1.807, 2.05) is 7.05 Å². The first-order valence-electron chi connectivity index (χ1n) is 7.13. The second kappa shape index (κ2) is 5.93. The van der Waals surface area contributed by atoms with Crippen LogP contribution in [0.25, 0.3) is 0 Å². The largest absolute Gasteiger partial charge is 0.463 e. The number of rotatable bonds is 4. The lowest BCUT2D eigenvalue weighted by molar-refractivity contribution is 0.247. The molecule has 1 aliphatic heterocycles. The molecule has 2 rings (SSSR count). The average molecular weight is 262 g/mol. The normalized spacial score (nSPS) is 17.6. The predicted molar refractivity (Wildman–Crippen MR) is 78.9 cm³/mol. The Balaban J connectivity index is 1.90. The van der Waals surface area contributed by atoms with E-state index in [-0.39, 0.29) is 0 Å². The molecule has 2 heterocycles. The third-order valence-corrected chi connectivity index (χ3v) is 3.70. The molecule has 1 aromatic heterocycles. The summed E-state index contributed by atoms with van der Waals surface area (Å²) < 4.78 is 5.80. The van der Waals surface area contributed by atoms with Crippen molar-refractivity contribution in [1.29, 1.82) is 0 Å². The van der Waals surface area contributed by atoms with E-state index in [0.717, 1.165) is 37.7 Å². The van der Waals surface area contributed by atoms with Gasteiger partial charge < -0.3 is 9.73 Å². The summed E-state index contributed by atoms with van der Waals surface area (Å²) in [6, 6.07) is 4.15. The van der Waals surface area contributed by atoms with Gasteiger partial charge in [0, 0.05) is 13.1 Å². The van der Waals surface area contributed by atoms with Crippen LogP contribution in [0.4, 0.5) is 0 Å². The third kappa shape index (κ3) is 3.95. The number of furan rings is 1. The molecule has 0 aromatic carbocycles. The first kappa shape index (κ1) is 14.4. The SMILES string of the molecule is CNCc1ccc(CN2CC=C(C(C)(C)C)CC2)o1. The fraction of sp³-hybridized carbons (Fsp3) is 0.625. The highest BCUT2D eigenvalue weighted by Gasteiger charge is 2.21. The molecule has 3 nitrogen and oxygen atoms in total. The molecule has 1 N–H and O–H groups in total. The maximum absolute atomic E-state index is 5.80. The van der Waals surface area contributed by atoms with Gasteiger partial charge in [0.15, 0.2) is 0 Å². The second-order valence-corrected chi connectivity index (χ2v) is 6.36. The van der Waals surface area contributed by atoms with Gasteiger partial charge in [0.2, 0.25) is 0 Å². The summed E-state index contributed by atoms with van der Waals surface area (Å²) in [5.41, 5.74) is 1.90. The zero-order valence-corrected chi connectivity index (χ0v) is 12.6. The van der Waals surface area contributed by atoms with Crippen molar-refractivity contribution in [3.8, 4) is 0 Å². The Labute approximate surface area is 116 Å². The van der Waals surface area contributed by atoms with Gasteiger partial charge in [-0.15, -0.1) is 0 Å². The van der Waals surface area contributed by atoms with Crippen molar-refractivity contribution in [2.24, 2.45) is 5.41 Å². The Kier molecular flexibility index (Phi) is 4.48. The smallest absolute Gasteiger partial charge is 0.118 e. The summed E-state index contributed by atoms with van der Waals surface area (Å²) >= 11 is 0. The molecule has 3 heteroatoms. The van der Waals surface area contributed by atoms with Crippen molar-refractivity contribution in [2.45, 2.75) is 40.3 Å². The number of hydrogen-bond donors (Lipinski definition) is 1. The minimum absolute atomic E-state index is 0.316. The van der Waals surface area contributed by atoms with Crippen LogP contribution in [0.1, 0.15) is 38.7 Å². The first-order valence-corrected chi connectivity index (χ1v) is 7.13. The van der Waals surface area contributed by atoms with Crippen LogP contribution in [-0.4, -0.2) is 25.0 Å². The zero-order valence-electron chi connectivity index (χ0n) is 12.6. The minimum Gasteiger partial charge on any atom is -0.463 e. The summed E-state index contributed by atoms with van der Waals surface area (Å²) in [7, 11) is 1.94. The zero-order chi connectivity index (χ0) is 13.9. The van der Waals surface area contributed by atoms with Gasteiger partial charge in [-0.2, -0.15) is 0 Å². The van der Waals surface area contributed by atoms with E-state index in [4.69, 9.17) is 4.42 Å². The maximum Gasteiger partial charge on any atom is 0.118 e. The molecule has 0 aliphatic carbocycles. The summed E-state index contributed by atoms with van der Waals surface area (Å²) in [5, 5.41) is 3.11. The van der Waals surface area contributed by atoms with Gasteiger partial charge in [-0.1, -0.05) is 32.4 Å². The van der Waals surface area contributed by atoms with Crippen LogP contribution in [0.15, 0.2) is 28.2 Å². The molecule has 106 valence electrons. The van der Waals surface area contributed by atoms with Crippen LogP contribution in [-0.2, 0) is 13.1 Å². The molecule has 0 spiro atoms. The van der Waals surface area contributed by atoms with Crippen LogP contribution >= 0.6 is 0 Å². The lowest BCUT2D eigenvalue weighted by Gasteiger charge is -2.31. The molecule has 19 heavy (non-hydrogen) atoms. The highest BCUT2D eigenvalue weighted by Crippen LogP contribution is 2.30. The Bertz CT molecular complexity index is 440. The Hall–Kier alpha value is -1.06. The van der Waals surface area contributed by atoms with Crippen LogP contribution in [0.2, 0.25) is 0 Å². The maximum atomic E-state index is 5.80. The van der Waals surface area contributed by atoms with Gasteiger partial charge in [-0.05, 0) is 31.0 Å². The molecule has 0 saturated carbocycles. The van der Waals surface area contributed by atoms with E-state index in [1.54, 1.807) is 5.57 Å². The van der Waals surface area contributed by atoms with Gasteiger partial charge in [-0.25, -0.2) is 0 Å². The fourth-order valence-electron chi connectivity index (χ4n) is 2.53. The van der Waals surface area contributed by atoms with Gasteiger partial charge in [0.1, 0.15) is 11.5 Å². The molecular formula is C16H26N2O. The van der Waals surface area contributed by atoms with Gasteiger partial charge >= 0.3 is 0 Å². The minimum atomic E-state index is 0.316. The Morgan fingerprint density at radius 2 is 2.00 bits per heavy atom. The van der Waals surface area contributed by atoms with E-state index in [2.05, 4.69) is 49.2 Å². The van der Waals surface area contributed by atoms with E-state index in [0.29, 0.717) is 5.41 Å². The lowest BCUT2D eigenvalue weighted by atomic mass is 9.83. The molecule has 1 aromatic rings. The quantitative estimate of drug-likeness (QED) is 0.845. The van der Waals surface area contributed by atoms with Crippen molar-refractivity contribution in [3.63, 3.8) is 0 Å². The standard InChI is InChI=1S/C16H26N2O/c1-16(2,3)13-7-9-18(10-8-13)12-15-6-5-14(19-15)11-17-4/h5-7,17H,8-12H2,1-4H3. The second-order valence-electron chi connectivity index (χ2n) is 6.36. The number of nitrogens with one attached hydrogen (secondary N) is 1. The number of hydrogen-bond acceptors (Lipinski definition) is 3. The fourth-order valence-corrected chi connectivity index (χ4v) is 2.53. The first-order chi connectivity index (χ1) is 8.99. The lowest BCUT2D eigenvalue weighted by Crippen LogP contribution is -2.30. The van der Waals surface area contributed by atoms with E-state index in [9.17, 15) is 0 Å². The topological polar surface area (TPSA) is 28.4 Å². The van der Waals surface area contributed by atoms with Crippen molar-refractivity contribution in [2.75, 3.05) is 20.1 Å². The van der Waals surface area contributed by atoms with E-state index in [1.165, 1.54) is 6.42 Å². The van der Waals surface area contributed by atoms with Crippen molar-refractivity contribution >= 4 is 0 Å². The highest BCUT2D eigenvalue weighted by atomic mass is 16.3. The molecule has 0 saturated heterocycles. The molecule has 0 unspecified atom stereocenters. The molecule has 0 fully saturated rings. The van der Waals surface area contributed by atoms with E-state index < -0.39 is 0 Å². The van der Waals surface area contributed by atoms with Crippen LogP contribution in [0.3, 0.4) is 0 Å². The predicted octanol–water partition coefficient (Wildman–Crippen LogP) is 3.18. The molecule has 0 amide bonds. The molecular weight excluding hydrogens is 236 g/mol. The molecule has 0 radical (unpaired) electrons. The van der Waals surface area contributed by atoms with Crippen LogP contribution < -0.4 is 5.32 Å². The monoisotopic (exact) mass is 262 g/mol. The van der Waals surface area contributed by atoms with Crippen LogP contribution in [0, 0.1) is 5.41 Å². The summed E-state index contributed by atoms with van der Waals surface area (Å²) in [5.74, 6) is 2.08. The van der Waals surface area contributed by atoms with E-state index >= 15 is 0 Å². The van der Waals surface area contributed by atoms with Crippen molar-refractivity contribution < 1.29 is 4.42 Å². The highest BCUT2D eigenvalue weighted by molar-refractivity contribution is 5.15. The van der Waals surface area contributed by atoms with Gasteiger partial charge in [0.25, 0.3) is 0 Å². The Morgan fingerprint density at radius 1 is 1.26 bits per heavy atom. The van der Waals surface area contributed by atoms with Crippen molar-refractivity contribution in [1.82, 2.24) is 10.2 Å². The molecule has 1 aliphatic rings. The third-order valence-electron chi connectivity index (χ3n) is 3.70. The van der Waals surface area contributed by atoms with Gasteiger partial charge in [0.05, 0.1) is 13.1 Å². The van der Waals surface area contributed by atoms with Crippen LogP contribution in [0.5, 0.6) is 0 Å². The molecule has 0 atom stereocenters. The Morgan fingerprint density at radius 3 is 2.58 bits per heavy atom. The molecule has 0 bridgehead atoms. The number of nitrogens with zero attached hydrogens (tertiary/aromatic N) is 1. The average Bonchev–Trinajstić information content (AvgIpc) is 2.77.